The molecule has 22 heavy (non-hydrogen) atoms. The molecule has 2 atom stereocenters. The monoisotopic (exact) mass is 307 g/mol. The van der Waals surface area contributed by atoms with E-state index in [2.05, 4.69) is 5.32 Å². The summed E-state index contributed by atoms with van der Waals surface area (Å²) >= 11 is 0. The van der Waals surface area contributed by atoms with Crippen LogP contribution in [0.25, 0.3) is 0 Å². The van der Waals surface area contributed by atoms with Gasteiger partial charge in [-0.05, 0) is 44.4 Å². The number of amides is 1. The summed E-state index contributed by atoms with van der Waals surface area (Å²) in [5, 5.41) is 2.99. The van der Waals surface area contributed by atoms with Gasteiger partial charge in [-0.1, -0.05) is 6.07 Å². The first-order valence-electron chi connectivity index (χ1n) is 7.84. The van der Waals surface area contributed by atoms with Crippen molar-refractivity contribution in [3.63, 3.8) is 0 Å². The van der Waals surface area contributed by atoms with Crippen LogP contribution in [0.5, 0.6) is 11.5 Å². The molecule has 1 saturated heterocycles. The average Bonchev–Trinajstić information content (AvgIpc) is 2.54. The maximum atomic E-state index is 12.3. The zero-order valence-corrected chi connectivity index (χ0v) is 13.6. The second-order valence-electron chi connectivity index (χ2n) is 5.46. The largest absolute Gasteiger partial charge is 0.493 e. The maximum Gasteiger partial charge on any atom is 0.225 e. The number of benzene rings is 1. The van der Waals surface area contributed by atoms with Gasteiger partial charge in [0, 0.05) is 13.2 Å². The van der Waals surface area contributed by atoms with E-state index >= 15 is 0 Å². The highest BCUT2D eigenvalue weighted by Crippen LogP contribution is 2.28. The van der Waals surface area contributed by atoms with Crippen LogP contribution < -0.4 is 14.8 Å². The molecule has 0 unspecified atom stereocenters. The topological polar surface area (TPSA) is 56.8 Å². The second-order valence-corrected chi connectivity index (χ2v) is 5.46. The molecule has 1 amide bonds. The van der Waals surface area contributed by atoms with Gasteiger partial charge in [0.1, 0.15) is 0 Å². The van der Waals surface area contributed by atoms with Gasteiger partial charge in [-0.2, -0.15) is 0 Å². The molecule has 1 fully saturated rings. The number of ether oxygens (including phenoxy) is 3. The lowest BCUT2D eigenvalue weighted by Gasteiger charge is -2.28. The Bertz CT molecular complexity index is 503. The molecule has 1 aromatic carbocycles. The van der Waals surface area contributed by atoms with Crippen molar-refractivity contribution >= 4 is 5.91 Å². The smallest absolute Gasteiger partial charge is 0.225 e. The van der Waals surface area contributed by atoms with Gasteiger partial charge in [0.05, 0.1) is 25.7 Å². The van der Waals surface area contributed by atoms with Crippen LogP contribution in [0.2, 0.25) is 0 Å². The van der Waals surface area contributed by atoms with E-state index in [9.17, 15) is 4.79 Å². The van der Waals surface area contributed by atoms with E-state index in [1.807, 2.05) is 32.0 Å². The Hall–Kier alpha value is -1.75. The van der Waals surface area contributed by atoms with Crippen molar-refractivity contribution in [1.82, 2.24) is 5.32 Å². The van der Waals surface area contributed by atoms with Crippen LogP contribution >= 0.6 is 0 Å². The van der Waals surface area contributed by atoms with Gasteiger partial charge in [-0.3, -0.25) is 4.79 Å². The summed E-state index contributed by atoms with van der Waals surface area (Å²) < 4.78 is 16.4. The van der Waals surface area contributed by atoms with Crippen LogP contribution in [0.15, 0.2) is 18.2 Å². The number of hydrogen-bond acceptors (Lipinski definition) is 4. The number of carbonyl (C=O) groups excluding carboxylic acids is 1. The Morgan fingerprint density at radius 2 is 2.23 bits per heavy atom. The first kappa shape index (κ1) is 16.6. The van der Waals surface area contributed by atoms with Crippen LogP contribution in [-0.4, -0.2) is 32.3 Å². The zero-order chi connectivity index (χ0) is 15.9. The minimum atomic E-state index is -0.0571. The van der Waals surface area contributed by atoms with Gasteiger partial charge < -0.3 is 19.5 Å². The van der Waals surface area contributed by atoms with Gasteiger partial charge in [-0.25, -0.2) is 0 Å². The van der Waals surface area contributed by atoms with Crippen molar-refractivity contribution in [2.24, 2.45) is 5.92 Å². The zero-order valence-electron chi connectivity index (χ0n) is 13.6. The van der Waals surface area contributed by atoms with E-state index in [4.69, 9.17) is 14.2 Å². The first-order valence-corrected chi connectivity index (χ1v) is 7.84. The van der Waals surface area contributed by atoms with E-state index in [1.54, 1.807) is 7.11 Å². The van der Waals surface area contributed by atoms with Crippen molar-refractivity contribution < 1.29 is 19.0 Å². The number of methoxy groups -OCH3 is 1. The molecule has 122 valence electrons. The Balaban J connectivity index is 1.94. The van der Waals surface area contributed by atoms with Crippen molar-refractivity contribution in [1.29, 1.82) is 0 Å². The van der Waals surface area contributed by atoms with Crippen molar-refractivity contribution in [3.8, 4) is 11.5 Å². The summed E-state index contributed by atoms with van der Waals surface area (Å²) in [6.07, 6.45) is 1.82. The molecule has 1 aromatic rings. The van der Waals surface area contributed by atoms with Crippen molar-refractivity contribution in [2.45, 2.75) is 39.3 Å². The van der Waals surface area contributed by atoms with Crippen molar-refractivity contribution in [3.05, 3.63) is 23.8 Å². The van der Waals surface area contributed by atoms with Gasteiger partial charge in [0.25, 0.3) is 0 Å². The number of hydrogen-bond donors (Lipinski definition) is 1. The van der Waals surface area contributed by atoms with E-state index in [0.717, 1.165) is 30.8 Å². The Morgan fingerprint density at radius 1 is 1.41 bits per heavy atom. The van der Waals surface area contributed by atoms with E-state index in [0.29, 0.717) is 18.9 Å². The van der Waals surface area contributed by atoms with Gasteiger partial charge in [0.15, 0.2) is 11.5 Å². The molecule has 5 heteroatoms. The molecular weight excluding hydrogens is 282 g/mol. The highest BCUT2D eigenvalue weighted by Gasteiger charge is 2.28. The van der Waals surface area contributed by atoms with Crippen LogP contribution in [-0.2, 0) is 16.1 Å². The molecule has 0 aromatic heterocycles. The summed E-state index contributed by atoms with van der Waals surface area (Å²) in [6, 6.07) is 5.71. The standard InChI is InChI=1S/C17H25NO4/c1-4-21-15-8-7-13(10-16(15)20-3)11-18-17(19)14-6-5-9-22-12(14)2/h7-8,10,12,14H,4-6,9,11H2,1-3H3,(H,18,19)/t12-,14+/m1/s1. The quantitative estimate of drug-likeness (QED) is 0.877. The molecule has 0 bridgehead atoms. The SMILES string of the molecule is CCOc1ccc(CNC(=O)[C@H]2CCCO[C@@H]2C)cc1OC. The third-order valence-corrected chi connectivity index (χ3v) is 3.94. The lowest BCUT2D eigenvalue weighted by molar-refractivity contribution is -0.133. The van der Waals surface area contributed by atoms with Crippen LogP contribution in [0.4, 0.5) is 0 Å². The normalized spacial score (nSPS) is 21.2. The summed E-state index contributed by atoms with van der Waals surface area (Å²) in [6.45, 7) is 5.71. The lowest BCUT2D eigenvalue weighted by atomic mass is 9.94. The van der Waals surface area contributed by atoms with Crippen LogP contribution in [0, 0.1) is 5.92 Å². The van der Waals surface area contributed by atoms with Crippen LogP contribution in [0.1, 0.15) is 32.3 Å². The summed E-state index contributed by atoms with van der Waals surface area (Å²) in [4.78, 5) is 12.3. The lowest BCUT2D eigenvalue weighted by Crippen LogP contribution is -2.39. The summed E-state index contributed by atoms with van der Waals surface area (Å²) in [5.41, 5.74) is 0.984. The molecule has 0 saturated carbocycles. The fourth-order valence-corrected chi connectivity index (χ4v) is 2.68. The molecule has 2 rings (SSSR count). The van der Waals surface area contributed by atoms with Gasteiger partial charge >= 0.3 is 0 Å². The Labute approximate surface area is 131 Å². The van der Waals surface area contributed by atoms with Gasteiger partial charge in [0.2, 0.25) is 5.91 Å². The Morgan fingerprint density at radius 3 is 2.91 bits per heavy atom. The van der Waals surface area contributed by atoms with E-state index < -0.39 is 0 Å². The predicted octanol–water partition coefficient (Wildman–Crippen LogP) is 2.53. The molecule has 0 radical (unpaired) electrons. The van der Waals surface area contributed by atoms with Crippen molar-refractivity contribution in [2.75, 3.05) is 20.3 Å². The maximum absolute atomic E-state index is 12.3. The molecule has 0 spiro atoms. The molecule has 0 aliphatic carbocycles. The number of nitrogens with one attached hydrogen (secondary N) is 1. The third kappa shape index (κ3) is 4.13. The third-order valence-electron chi connectivity index (χ3n) is 3.94. The fourth-order valence-electron chi connectivity index (χ4n) is 2.68. The minimum Gasteiger partial charge on any atom is -0.493 e. The number of rotatable bonds is 6. The highest BCUT2D eigenvalue weighted by molar-refractivity contribution is 5.79. The van der Waals surface area contributed by atoms with E-state index in [-0.39, 0.29) is 17.9 Å². The van der Waals surface area contributed by atoms with Gasteiger partial charge in [-0.15, -0.1) is 0 Å². The molecule has 1 heterocycles. The second kappa shape index (κ2) is 8.03. The molecule has 1 aliphatic heterocycles. The summed E-state index contributed by atoms with van der Waals surface area (Å²) in [7, 11) is 1.61. The minimum absolute atomic E-state index is 0.0105. The average molecular weight is 307 g/mol. The molecule has 1 N–H and O–H groups in total. The number of carbonyl (C=O) groups is 1. The summed E-state index contributed by atoms with van der Waals surface area (Å²) in [5.74, 6) is 1.40. The van der Waals surface area contributed by atoms with E-state index in [1.165, 1.54) is 0 Å². The molecule has 5 nitrogen and oxygen atoms in total. The van der Waals surface area contributed by atoms with Crippen LogP contribution in [0.3, 0.4) is 0 Å². The molecule has 1 aliphatic rings. The fraction of sp³-hybridized carbons (Fsp3) is 0.588. The molecular formula is C17H25NO4. The first-order chi connectivity index (χ1) is 10.7. The Kier molecular flexibility index (Phi) is 6.07. The highest BCUT2D eigenvalue weighted by atomic mass is 16.5. The predicted molar refractivity (Wildman–Crippen MR) is 84.1 cm³/mol.